The van der Waals surface area contributed by atoms with Crippen molar-refractivity contribution in [2.24, 2.45) is 0 Å². The molecule has 0 saturated carbocycles. The van der Waals surface area contributed by atoms with E-state index in [1.165, 1.54) is 21.8 Å². The number of allylic oxidation sites excluding steroid dienone is 4. The Morgan fingerprint density at radius 3 is 1.63 bits per heavy atom. The van der Waals surface area contributed by atoms with Crippen molar-refractivity contribution in [1.82, 2.24) is 0 Å². The van der Waals surface area contributed by atoms with Crippen LogP contribution in [0.3, 0.4) is 0 Å². The van der Waals surface area contributed by atoms with Gasteiger partial charge in [-0.2, -0.15) is 0 Å². The third-order valence-electron chi connectivity index (χ3n) is 3.51. The fraction of sp³-hybridized carbons (Fsp3) is 0.111. The monoisotopic (exact) mass is 264 g/mol. The van der Waals surface area contributed by atoms with E-state index in [4.69, 9.17) is 0 Å². The van der Waals surface area contributed by atoms with Gasteiger partial charge in [-0.25, -0.2) is 0 Å². The molecule has 0 radical (unpaired) electrons. The Balaban J connectivity index is 1.92. The van der Waals surface area contributed by atoms with E-state index in [-0.39, 0.29) is 7.92 Å². The molecule has 0 saturated heterocycles. The van der Waals surface area contributed by atoms with Crippen LogP contribution in [0.5, 0.6) is 0 Å². The average Bonchev–Trinajstić information content (AvgIpc) is 2.48. The molecule has 1 aliphatic carbocycles. The van der Waals surface area contributed by atoms with E-state index in [0.717, 1.165) is 6.16 Å². The van der Waals surface area contributed by atoms with Gasteiger partial charge in [0.25, 0.3) is 0 Å². The van der Waals surface area contributed by atoms with Gasteiger partial charge in [0.15, 0.2) is 0 Å². The smallest absolute Gasteiger partial charge is 0.00101 e. The lowest BCUT2D eigenvalue weighted by atomic mass is 10.0. The SMILES string of the molecule is CC1=CC=C1CP(c1ccccc1)c1ccccc1. The van der Waals surface area contributed by atoms with Crippen molar-refractivity contribution < 1.29 is 0 Å². The lowest BCUT2D eigenvalue weighted by Gasteiger charge is -2.23. The van der Waals surface area contributed by atoms with Gasteiger partial charge >= 0.3 is 0 Å². The molecule has 1 aliphatic rings. The van der Waals surface area contributed by atoms with Gasteiger partial charge in [-0.15, -0.1) is 0 Å². The van der Waals surface area contributed by atoms with Crippen molar-refractivity contribution in [1.29, 1.82) is 0 Å². The Morgan fingerprint density at radius 2 is 1.26 bits per heavy atom. The minimum Gasteiger partial charge on any atom is -0.0622 e. The topological polar surface area (TPSA) is 0 Å². The summed E-state index contributed by atoms with van der Waals surface area (Å²) in [7, 11) is -0.281. The van der Waals surface area contributed by atoms with Crippen LogP contribution in [0.2, 0.25) is 0 Å². The quantitative estimate of drug-likeness (QED) is 0.732. The number of benzene rings is 2. The Labute approximate surface area is 116 Å². The molecule has 0 heterocycles. The Morgan fingerprint density at radius 1 is 0.737 bits per heavy atom. The minimum atomic E-state index is -0.281. The Bertz CT molecular complexity index is 569. The van der Waals surface area contributed by atoms with Gasteiger partial charge in [0, 0.05) is 6.16 Å². The summed E-state index contributed by atoms with van der Waals surface area (Å²) >= 11 is 0. The van der Waals surface area contributed by atoms with Gasteiger partial charge in [-0.3, -0.25) is 0 Å². The third-order valence-corrected chi connectivity index (χ3v) is 6.01. The first-order valence-electron chi connectivity index (χ1n) is 6.60. The number of hydrogen-bond acceptors (Lipinski definition) is 0. The second-order valence-corrected chi connectivity index (χ2v) is 7.00. The zero-order valence-electron chi connectivity index (χ0n) is 11.1. The van der Waals surface area contributed by atoms with Gasteiger partial charge < -0.3 is 0 Å². The van der Waals surface area contributed by atoms with Crippen LogP contribution in [0, 0.1) is 0 Å². The average molecular weight is 264 g/mol. The van der Waals surface area contributed by atoms with E-state index in [0.29, 0.717) is 0 Å². The van der Waals surface area contributed by atoms with Crippen molar-refractivity contribution in [3.8, 4) is 0 Å². The van der Waals surface area contributed by atoms with Gasteiger partial charge in [-0.05, 0) is 36.6 Å². The fourth-order valence-electron chi connectivity index (χ4n) is 2.26. The molecular formula is C18H17P. The molecule has 1 heteroatoms. The lowest BCUT2D eigenvalue weighted by molar-refractivity contribution is 1.29. The molecule has 94 valence electrons. The van der Waals surface area contributed by atoms with Crippen molar-refractivity contribution >= 4 is 18.5 Å². The van der Waals surface area contributed by atoms with Crippen LogP contribution < -0.4 is 10.6 Å². The van der Waals surface area contributed by atoms with Crippen LogP contribution in [0.15, 0.2) is 84.0 Å². The third kappa shape index (κ3) is 2.69. The summed E-state index contributed by atoms with van der Waals surface area (Å²) in [6.07, 6.45) is 5.63. The summed E-state index contributed by atoms with van der Waals surface area (Å²) in [4.78, 5) is 0. The molecule has 0 N–H and O–H groups in total. The largest absolute Gasteiger partial charge is 0.0622 e. The highest BCUT2D eigenvalue weighted by Gasteiger charge is 2.17. The summed E-state index contributed by atoms with van der Waals surface area (Å²) in [6.45, 7) is 2.21. The van der Waals surface area contributed by atoms with Crippen LogP contribution in [-0.4, -0.2) is 6.16 Å². The molecule has 0 fully saturated rings. The predicted molar refractivity (Wildman–Crippen MR) is 85.8 cm³/mol. The fourth-order valence-corrected chi connectivity index (χ4v) is 4.69. The molecule has 3 rings (SSSR count). The van der Waals surface area contributed by atoms with Crippen molar-refractivity contribution in [2.75, 3.05) is 6.16 Å². The summed E-state index contributed by atoms with van der Waals surface area (Å²) in [5.41, 5.74) is 2.96. The Kier molecular flexibility index (Phi) is 3.62. The van der Waals surface area contributed by atoms with E-state index in [1.807, 2.05) is 0 Å². The second-order valence-electron chi connectivity index (χ2n) is 4.80. The van der Waals surface area contributed by atoms with Crippen LogP contribution in [0.1, 0.15) is 6.92 Å². The first-order valence-corrected chi connectivity index (χ1v) is 8.13. The highest BCUT2D eigenvalue weighted by molar-refractivity contribution is 7.73. The number of hydrogen-bond donors (Lipinski definition) is 0. The maximum absolute atomic E-state index is 2.26. The molecule has 0 atom stereocenters. The lowest BCUT2D eigenvalue weighted by Crippen LogP contribution is -2.16. The molecule has 0 amide bonds. The highest BCUT2D eigenvalue weighted by Crippen LogP contribution is 2.39. The number of rotatable bonds is 4. The van der Waals surface area contributed by atoms with Gasteiger partial charge in [0.2, 0.25) is 0 Å². The molecular weight excluding hydrogens is 247 g/mol. The molecule has 0 spiro atoms. The summed E-state index contributed by atoms with van der Waals surface area (Å²) < 4.78 is 0. The zero-order chi connectivity index (χ0) is 13.1. The summed E-state index contributed by atoms with van der Waals surface area (Å²) in [6, 6.07) is 21.8. The summed E-state index contributed by atoms with van der Waals surface area (Å²) in [5, 5.41) is 2.92. The molecule has 2 aromatic carbocycles. The molecule has 0 aromatic heterocycles. The molecule has 0 nitrogen and oxygen atoms in total. The van der Waals surface area contributed by atoms with Crippen molar-refractivity contribution in [3.05, 3.63) is 84.0 Å². The summed E-state index contributed by atoms with van der Waals surface area (Å²) in [5.74, 6) is 0. The van der Waals surface area contributed by atoms with Crippen molar-refractivity contribution in [3.63, 3.8) is 0 Å². The zero-order valence-corrected chi connectivity index (χ0v) is 12.0. The predicted octanol–water partition coefficient (Wildman–Crippen LogP) is 4.01. The maximum atomic E-state index is 2.26. The van der Waals surface area contributed by atoms with E-state index in [9.17, 15) is 0 Å². The molecule has 0 bridgehead atoms. The van der Waals surface area contributed by atoms with E-state index >= 15 is 0 Å². The standard InChI is InChI=1S/C18H17P/c1-15-12-13-16(15)14-19(17-8-4-2-5-9-17)18-10-6-3-7-11-18/h2-13H,14H2,1H3. The van der Waals surface area contributed by atoms with Crippen LogP contribution in [0.4, 0.5) is 0 Å². The maximum Gasteiger partial charge on any atom is 0.00101 e. The van der Waals surface area contributed by atoms with E-state index < -0.39 is 0 Å². The normalized spacial score (nSPS) is 13.8. The van der Waals surface area contributed by atoms with Crippen LogP contribution >= 0.6 is 7.92 Å². The van der Waals surface area contributed by atoms with Gasteiger partial charge in [-0.1, -0.05) is 72.8 Å². The van der Waals surface area contributed by atoms with Crippen LogP contribution in [-0.2, 0) is 0 Å². The second kappa shape index (κ2) is 5.55. The molecule has 0 aliphatic heterocycles. The van der Waals surface area contributed by atoms with E-state index in [1.54, 1.807) is 0 Å². The van der Waals surface area contributed by atoms with E-state index in [2.05, 4.69) is 79.7 Å². The molecule has 2 aromatic rings. The molecule has 0 unspecified atom stereocenters. The van der Waals surface area contributed by atoms with Gasteiger partial charge in [0.1, 0.15) is 0 Å². The van der Waals surface area contributed by atoms with Gasteiger partial charge in [0.05, 0.1) is 0 Å². The highest BCUT2D eigenvalue weighted by atomic mass is 31.1. The van der Waals surface area contributed by atoms with Crippen molar-refractivity contribution in [2.45, 2.75) is 6.92 Å². The first-order chi connectivity index (χ1) is 9.34. The first kappa shape index (κ1) is 12.4. The molecule has 19 heavy (non-hydrogen) atoms. The Hall–Kier alpha value is -1.65. The van der Waals surface area contributed by atoms with Crippen LogP contribution in [0.25, 0.3) is 0 Å². The minimum absolute atomic E-state index is 0.281.